The zero-order valence-corrected chi connectivity index (χ0v) is 17.7. The molecule has 0 spiro atoms. The number of para-hydroxylation sites is 1. The van der Waals surface area contributed by atoms with Crippen LogP contribution in [0.1, 0.15) is 38.5 Å². The number of nitrogens with zero attached hydrogens (tertiary/aromatic N) is 2. The molecule has 0 N–H and O–H groups in total. The molecule has 150 valence electrons. The van der Waals surface area contributed by atoms with Gasteiger partial charge in [0.25, 0.3) is 0 Å². The molecule has 0 atom stereocenters. The summed E-state index contributed by atoms with van der Waals surface area (Å²) in [6, 6.07) is 10.1. The van der Waals surface area contributed by atoms with Crippen LogP contribution in [0, 0.1) is 13.8 Å². The molecule has 1 aromatic carbocycles. The van der Waals surface area contributed by atoms with Gasteiger partial charge in [0.15, 0.2) is 5.78 Å². The molecular formula is C22H28N2O3S. The predicted molar refractivity (Wildman–Crippen MR) is 113 cm³/mol. The van der Waals surface area contributed by atoms with Crippen molar-refractivity contribution < 1.29 is 14.3 Å². The molecule has 0 aliphatic carbocycles. The Hall–Kier alpha value is -2.18. The molecule has 0 radical (unpaired) electrons. The summed E-state index contributed by atoms with van der Waals surface area (Å²) in [7, 11) is 1.81. The number of aryl methyl sites for hydroxylation is 2. The Bertz CT molecular complexity index is 840. The van der Waals surface area contributed by atoms with E-state index < -0.39 is 0 Å². The molecule has 5 nitrogen and oxygen atoms in total. The van der Waals surface area contributed by atoms with E-state index in [4.69, 9.17) is 4.74 Å². The van der Waals surface area contributed by atoms with Crippen molar-refractivity contribution >= 4 is 28.7 Å². The zero-order chi connectivity index (χ0) is 20.1. The summed E-state index contributed by atoms with van der Waals surface area (Å²) in [5.74, 6) is 0.0482. The van der Waals surface area contributed by atoms with Crippen LogP contribution in [-0.2, 0) is 16.1 Å². The maximum absolute atomic E-state index is 12.6. The van der Waals surface area contributed by atoms with Crippen molar-refractivity contribution in [1.29, 1.82) is 0 Å². The first-order chi connectivity index (χ1) is 13.5. The maximum atomic E-state index is 12.6. The molecule has 2 aromatic rings. The minimum absolute atomic E-state index is 0.00487. The molecule has 3 rings (SSSR count). The number of anilines is 1. The maximum Gasteiger partial charge on any atom is 0.223 e. The van der Waals surface area contributed by atoms with Gasteiger partial charge in [0, 0.05) is 60.5 Å². The number of morpholine rings is 1. The van der Waals surface area contributed by atoms with Crippen LogP contribution in [0.3, 0.4) is 0 Å². The smallest absolute Gasteiger partial charge is 0.223 e. The number of thiophene rings is 1. The van der Waals surface area contributed by atoms with Gasteiger partial charge < -0.3 is 14.5 Å². The van der Waals surface area contributed by atoms with E-state index in [1.807, 2.05) is 39.1 Å². The number of ketones is 1. The van der Waals surface area contributed by atoms with Crippen molar-refractivity contribution in [1.82, 2.24) is 4.90 Å². The average molecular weight is 401 g/mol. The van der Waals surface area contributed by atoms with Crippen LogP contribution < -0.4 is 4.90 Å². The lowest BCUT2D eigenvalue weighted by Crippen LogP contribution is -2.37. The number of Topliss-reactive ketones (excluding diaryl/α,β-unsaturated/α-hetero) is 1. The fourth-order valence-corrected chi connectivity index (χ4v) is 4.50. The van der Waals surface area contributed by atoms with E-state index in [-0.39, 0.29) is 24.5 Å². The monoisotopic (exact) mass is 400 g/mol. The summed E-state index contributed by atoms with van der Waals surface area (Å²) in [5.41, 5.74) is 3.04. The molecule has 1 aliphatic heterocycles. The predicted octanol–water partition coefficient (Wildman–Crippen LogP) is 3.82. The van der Waals surface area contributed by atoms with Crippen molar-refractivity contribution in [3.8, 4) is 0 Å². The highest BCUT2D eigenvalue weighted by molar-refractivity contribution is 7.12. The Morgan fingerprint density at radius 2 is 1.86 bits per heavy atom. The number of ether oxygens (including phenoxy) is 1. The van der Waals surface area contributed by atoms with Crippen LogP contribution >= 0.6 is 11.3 Å². The van der Waals surface area contributed by atoms with Gasteiger partial charge in [0.05, 0.1) is 13.2 Å². The third-order valence-electron chi connectivity index (χ3n) is 5.08. The van der Waals surface area contributed by atoms with Crippen LogP contribution in [0.4, 0.5) is 5.69 Å². The van der Waals surface area contributed by atoms with Gasteiger partial charge in [-0.3, -0.25) is 9.59 Å². The number of hydrogen-bond acceptors (Lipinski definition) is 5. The van der Waals surface area contributed by atoms with E-state index in [1.165, 1.54) is 0 Å². The second-order valence-corrected chi connectivity index (χ2v) is 8.69. The molecule has 0 bridgehead atoms. The van der Waals surface area contributed by atoms with Crippen molar-refractivity contribution in [2.45, 2.75) is 33.2 Å². The highest BCUT2D eigenvalue weighted by atomic mass is 32.1. The SMILES string of the molecule is Cc1cc(C(=O)CCC(=O)N(C)Cc2ccccc2N2CCOCC2)c(C)s1. The molecular weight excluding hydrogens is 372 g/mol. The topological polar surface area (TPSA) is 49.9 Å². The summed E-state index contributed by atoms with van der Waals surface area (Å²) < 4.78 is 5.44. The molecule has 1 saturated heterocycles. The largest absolute Gasteiger partial charge is 0.378 e. The Labute approximate surface area is 170 Å². The summed E-state index contributed by atoms with van der Waals surface area (Å²) in [5, 5.41) is 0. The molecule has 0 unspecified atom stereocenters. The van der Waals surface area contributed by atoms with Gasteiger partial charge in [-0.25, -0.2) is 0 Å². The molecule has 6 heteroatoms. The third-order valence-corrected chi connectivity index (χ3v) is 6.05. The van der Waals surface area contributed by atoms with Gasteiger partial charge in [-0.1, -0.05) is 18.2 Å². The van der Waals surface area contributed by atoms with Crippen LogP contribution in [0.15, 0.2) is 30.3 Å². The third kappa shape index (κ3) is 5.00. The Balaban J connectivity index is 1.58. The molecule has 1 aromatic heterocycles. The number of carbonyl (C=O) groups is 2. The average Bonchev–Trinajstić information content (AvgIpc) is 3.05. The van der Waals surface area contributed by atoms with Crippen LogP contribution in [0.25, 0.3) is 0 Å². The molecule has 1 fully saturated rings. The van der Waals surface area contributed by atoms with E-state index in [2.05, 4.69) is 17.0 Å². The molecule has 28 heavy (non-hydrogen) atoms. The number of carbonyl (C=O) groups excluding carboxylic acids is 2. The van der Waals surface area contributed by atoms with E-state index in [0.717, 1.165) is 52.9 Å². The van der Waals surface area contributed by atoms with Crippen molar-refractivity contribution in [3.05, 3.63) is 51.2 Å². The van der Waals surface area contributed by atoms with Gasteiger partial charge >= 0.3 is 0 Å². The lowest BCUT2D eigenvalue weighted by atomic mass is 10.1. The zero-order valence-electron chi connectivity index (χ0n) is 16.9. The first-order valence-corrected chi connectivity index (χ1v) is 10.5. The normalized spacial score (nSPS) is 14.2. The fraction of sp³-hybridized carbons (Fsp3) is 0.455. The first-order valence-electron chi connectivity index (χ1n) is 9.70. The van der Waals surface area contributed by atoms with E-state index >= 15 is 0 Å². The van der Waals surface area contributed by atoms with Gasteiger partial charge in [0.1, 0.15) is 0 Å². The van der Waals surface area contributed by atoms with Crippen molar-refractivity contribution in [2.75, 3.05) is 38.3 Å². The van der Waals surface area contributed by atoms with Gasteiger partial charge in [-0.15, -0.1) is 11.3 Å². The van der Waals surface area contributed by atoms with Crippen LogP contribution in [0.5, 0.6) is 0 Å². The summed E-state index contributed by atoms with van der Waals surface area (Å²) in [6.07, 6.45) is 0.495. The second-order valence-electron chi connectivity index (χ2n) is 7.23. The summed E-state index contributed by atoms with van der Waals surface area (Å²) >= 11 is 1.63. The minimum atomic E-state index is -0.00487. The lowest BCUT2D eigenvalue weighted by molar-refractivity contribution is -0.130. The quantitative estimate of drug-likeness (QED) is 0.663. The number of benzene rings is 1. The highest BCUT2D eigenvalue weighted by Gasteiger charge is 2.19. The number of hydrogen-bond donors (Lipinski definition) is 0. The lowest BCUT2D eigenvalue weighted by Gasteiger charge is -2.31. The van der Waals surface area contributed by atoms with Crippen LogP contribution in [-0.4, -0.2) is 49.9 Å². The Kier molecular flexibility index (Phi) is 6.86. The number of rotatable bonds is 7. The Morgan fingerprint density at radius 1 is 1.14 bits per heavy atom. The van der Waals surface area contributed by atoms with E-state index in [0.29, 0.717) is 6.54 Å². The van der Waals surface area contributed by atoms with Gasteiger partial charge in [-0.05, 0) is 31.5 Å². The van der Waals surface area contributed by atoms with Crippen molar-refractivity contribution in [3.63, 3.8) is 0 Å². The summed E-state index contributed by atoms with van der Waals surface area (Å²) in [6.45, 7) is 7.68. The molecule has 2 heterocycles. The first kappa shape index (κ1) is 20.6. The second kappa shape index (κ2) is 9.34. The van der Waals surface area contributed by atoms with E-state index in [9.17, 15) is 9.59 Å². The minimum Gasteiger partial charge on any atom is -0.378 e. The fourth-order valence-electron chi connectivity index (χ4n) is 3.55. The molecule has 0 saturated carbocycles. The van der Waals surface area contributed by atoms with Crippen molar-refractivity contribution in [2.24, 2.45) is 0 Å². The number of amides is 1. The highest BCUT2D eigenvalue weighted by Crippen LogP contribution is 2.24. The van der Waals surface area contributed by atoms with Gasteiger partial charge in [-0.2, -0.15) is 0 Å². The molecule has 1 aliphatic rings. The Morgan fingerprint density at radius 3 is 2.54 bits per heavy atom. The van der Waals surface area contributed by atoms with Crippen LogP contribution in [0.2, 0.25) is 0 Å². The van der Waals surface area contributed by atoms with Gasteiger partial charge in [0.2, 0.25) is 5.91 Å². The standard InChI is InChI=1S/C22H28N2O3S/c1-16-14-19(17(2)28-16)21(25)8-9-22(26)23(3)15-18-6-4-5-7-20(18)24-10-12-27-13-11-24/h4-7,14H,8-13,15H2,1-3H3. The summed E-state index contributed by atoms with van der Waals surface area (Å²) in [4.78, 5) is 31.2. The molecule has 1 amide bonds. The van der Waals surface area contributed by atoms with E-state index in [1.54, 1.807) is 16.2 Å².